The van der Waals surface area contributed by atoms with Crippen molar-refractivity contribution in [2.45, 2.75) is 6.92 Å². The summed E-state index contributed by atoms with van der Waals surface area (Å²) >= 11 is 0. The van der Waals surface area contributed by atoms with E-state index in [9.17, 15) is 4.79 Å². The Labute approximate surface area is 72.4 Å². The van der Waals surface area contributed by atoms with Crippen LogP contribution in [0.15, 0.2) is 11.8 Å². The van der Waals surface area contributed by atoms with E-state index in [-0.39, 0.29) is 13.2 Å². The first kappa shape index (κ1) is 11.0. The molecule has 0 amide bonds. The molecule has 0 heterocycles. The third-order valence-corrected chi connectivity index (χ3v) is 1.10. The smallest absolute Gasteiger partial charge is 0.335 e. The van der Waals surface area contributed by atoms with Gasteiger partial charge in [0.1, 0.15) is 6.61 Å². The zero-order valence-electron chi connectivity index (χ0n) is 7.70. The average molecular weight is 173 g/mol. The van der Waals surface area contributed by atoms with Gasteiger partial charge in [-0.3, -0.25) is 0 Å². The third-order valence-electron chi connectivity index (χ3n) is 1.10. The topological polar surface area (TPSA) is 49.8 Å². The molecule has 0 fully saturated rings. The molecule has 4 heteroatoms. The second kappa shape index (κ2) is 5.60. The van der Waals surface area contributed by atoms with Gasteiger partial charge in [-0.05, 0) is 6.92 Å². The molecule has 0 radical (unpaired) electrons. The molecule has 0 bridgehead atoms. The van der Waals surface area contributed by atoms with Gasteiger partial charge in [-0.1, -0.05) is 0 Å². The van der Waals surface area contributed by atoms with Crippen molar-refractivity contribution in [3.63, 3.8) is 0 Å². The van der Waals surface area contributed by atoms with Crippen LogP contribution < -0.4 is 0 Å². The van der Waals surface area contributed by atoms with Crippen LogP contribution >= 0.6 is 0 Å². The molecule has 0 atom stereocenters. The first-order chi connectivity index (χ1) is 5.57. The van der Waals surface area contributed by atoms with E-state index in [0.717, 1.165) is 0 Å². The van der Waals surface area contributed by atoms with Crippen molar-refractivity contribution in [2.75, 3.05) is 27.3 Å². The lowest BCUT2D eigenvalue weighted by atomic mass is 10.3. The van der Waals surface area contributed by atoms with Crippen LogP contribution in [0.5, 0.6) is 0 Å². The highest BCUT2D eigenvalue weighted by Gasteiger charge is 2.04. The molecule has 0 aromatic carbocycles. The van der Waals surface area contributed by atoms with E-state index in [1.165, 1.54) is 0 Å². The van der Waals surface area contributed by atoms with Crippen LogP contribution in [0, 0.1) is 0 Å². The summed E-state index contributed by atoms with van der Waals surface area (Å²) in [5, 5.41) is 8.37. The fourth-order valence-electron chi connectivity index (χ4n) is 0.692. The highest BCUT2D eigenvalue weighted by Crippen LogP contribution is 1.96. The molecule has 0 rings (SSSR count). The fourth-order valence-corrected chi connectivity index (χ4v) is 0.692. The van der Waals surface area contributed by atoms with E-state index >= 15 is 0 Å². The van der Waals surface area contributed by atoms with Crippen molar-refractivity contribution in [3.8, 4) is 0 Å². The number of carbonyl (C=O) groups is 1. The monoisotopic (exact) mass is 173 g/mol. The minimum absolute atomic E-state index is 0.0530. The van der Waals surface area contributed by atoms with E-state index in [1.54, 1.807) is 18.0 Å². The summed E-state index contributed by atoms with van der Waals surface area (Å²) in [6.45, 7) is 1.58. The lowest BCUT2D eigenvalue weighted by Gasteiger charge is -2.07. The maximum atomic E-state index is 11.0. The Kier molecular flexibility index (Phi) is 5.12. The molecule has 0 aliphatic carbocycles. The molecule has 0 saturated heterocycles. The highest BCUT2D eigenvalue weighted by atomic mass is 16.5. The van der Waals surface area contributed by atoms with E-state index in [0.29, 0.717) is 5.57 Å². The van der Waals surface area contributed by atoms with Crippen LogP contribution in [0.4, 0.5) is 0 Å². The molecule has 12 heavy (non-hydrogen) atoms. The SMILES string of the molecule is CC(=CN(C)C)C(=O)OCCO. The molecule has 1 N–H and O–H groups in total. The number of aliphatic hydroxyl groups is 1. The predicted octanol–water partition coefficient (Wildman–Crippen LogP) is -0.0127. The molecule has 0 saturated carbocycles. The third kappa shape index (κ3) is 4.73. The average Bonchev–Trinajstić information content (AvgIpc) is 1.98. The maximum absolute atomic E-state index is 11.0. The summed E-state index contributed by atoms with van der Waals surface area (Å²) in [6, 6.07) is 0. The minimum Gasteiger partial charge on any atom is -0.460 e. The zero-order chi connectivity index (χ0) is 9.56. The number of esters is 1. The van der Waals surface area contributed by atoms with Gasteiger partial charge in [0.15, 0.2) is 0 Å². The number of carbonyl (C=O) groups excluding carboxylic acids is 1. The Bertz CT molecular complexity index is 175. The van der Waals surface area contributed by atoms with E-state index in [4.69, 9.17) is 5.11 Å². The lowest BCUT2D eigenvalue weighted by Crippen LogP contribution is -2.12. The fraction of sp³-hybridized carbons (Fsp3) is 0.625. The molecule has 70 valence electrons. The summed E-state index contributed by atoms with van der Waals surface area (Å²) in [6.07, 6.45) is 1.67. The lowest BCUT2D eigenvalue weighted by molar-refractivity contribution is -0.140. The van der Waals surface area contributed by atoms with Crippen LogP contribution in [0.1, 0.15) is 6.92 Å². The highest BCUT2D eigenvalue weighted by molar-refractivity contribution is 5.87. The van der Waals surface area contributed by atoms with Gasteiger partial charge in [0, 0.05) is 25.9 Å². The predicted molar refractivity (Wildman–Crippen MR) is 45.5 cm³/mol. The van der Waals surface area contributed by atoms with E-state index in [2.05, 4.69) is 4.74 Å². The van der Waals surface area contributed by atoms with Crippen molar-refractivity contribution in [2.24, 2.45) is 0 Å². The van der Waals surface area contributed by atoms with Gasteiger partial charge in [0.05, 0.1) is 6.61 Å². The second-order valence-electron chi connectivity index (χ2n) is 2.64. The summed E-state index contributed by atoms with van der Waals surface area (Å²) in [5.74, 6) is -0.391. The molecule has 0 aromatic rings. The van der Waals surface area contributed by atoms with Crippen molar-refractivity contribution in [1.29, 1.82) is 0 Å². The van der Waals surface area contributed by atoms with Crippen molar-refractivity contribution >= 4 is 5.97 Å². The number of nitrogens with zero attached hydrogens (tertiary/aromatic N) is 1. The Morgan fingerprint density at radius 2 is 2.17 bits per heavy atom. The minimum atomic E-state index is -0.391. The molecular formula is C8H15NO3. The van der Waals surface area contributed by atoms with Crippen LogP contribution in [0.25, 0.3) is 0 Å². The van der Waals surface area contributed by atoms with Crippen molar-refractivity contribution in [3.05, 3.63) is 11.8 Å². The zero-order valence-corrected chi connectivity index (χ0v) is 7.70. The van der Waals surface area contributed by atoms with Crippen LogP contribution in [-0.2, 0) is 9.53 Å². The standard InChI is InChI=1S/C8H15NO3/c1-7(6-9(2)3)8(11)12-5-4-10/h6,10H,4-5H2,1-3H3. The quantitative estimate of drug-likeness (QED) is 0.480. The largest absolute Gasteiger partial charge is 0.460 e. The molecule has 0 aliphatic heterocycles. The van der Waals surface area contributed by atoms with Crippen LogP contribution in [-0.4, -0.2) is 43.3 Å². The summed E-state index contributed by atoms with van der Waals surface area (Å²) in [4.78, 5) is 12.8. The molecule has 0 unspecified atom stereocenters. The number of ether oxygens (including phenoxy) is 1. The summed E-state index contributed by atoms with van der Waals surface area (Å²) in [5.41, 5.74) is 0.522. The molecule has 0 aromatic heterocycles. The molecule has 0 aliphatic rings. The van der Waals surface area contributed by atoms with Crippen molar-refractivity contribution in [1.82, 2.24) is 4.90 Å². The normalized spacial score (nSPS) is 11.2. The molecular weight excluding hydrogens is 158 g/mol. The first-order valence-electron chi connectivity index (χ1n) is 3.70. The van der Waals surface area contributed by atoms with Gasteiger partial charge in [-0.15, -0.1) is 0 Å². The Balaban J connectivity index is 3.92. The Hall–Kier alpha value is -1.03. The number of hydrogen-bond acceptors (Lipinski definition) is 4. The number of hydrogen-bond donors (Lipinski definition) is 1. The van der Waals surface area contributed by atoms with E-state index in [1.807, 2.05) is 14.1 Å². The van der Waals surface area contributed by atoms with Crippen molar-refractivity contribution < 1.29 is 14.6 Å². The second-order valence-corrected chi connectivity index (χ2v) is 2.64. The molecule has 4 nitrogen and oxygen atoms in total. The van der Waals surface area contributed by atoms with Gasteiger partial charge in [0.25, 0.3) is 0 Å². The van der Waals surface area contributed by atoms with Gasteiger partial charge in [-0.2, -0.15) is 0 Å². The first-order valence-corrected chi connectivity index (χ1v) is 3.70. The Morgan fingerprint density at radius 3 is 2.58 bits per heavy atom. The van der Waals surface area contributed by atoms with Crippen LogP contribution in [0.3, 0.4) is 0 Å². The van der Waals surface area contributed by atoms with Gasteiger partial charge >= 0.3 is 5.97 Å². The van der Waals surface area contributed by atoms with Gasteiger partial charge < -0.3 is 14.7 Å². The van der Waals surface area contributed by atoms with Crippen LogP contribution in [0.2, 0.25) is 0 Å². The summed E-state index contributed by atoms with van der Waals surface area (Å²) < 4.78 is 4.67. The number of aliphatic hydroxyl groups excluding tert-OH is 1. The maximum Gasteiger partial charge on any atom is 0.335 e. The van der Waals surface area contributed by atoms with Gasteiger partial charge in [0.2, 0.25) is 0 Å². The van der Waals surface area contributed by atoms with Gasteiger partial charge in [-0.25, -0.2) is 4.79 Å². The molecule has 0 spiro atoms. The van der Waals surface area contributed by atoms with E-state index < -0.39 is 5.97 Å². The number of rotatable bonds is 4. The summed E-state index contributed by atoms with van der Waals surface area (Å²) in [7, 11) is 3.64. The Morgan fingerprint density at radius 1 is 1.58 bits per heavy atom.